The number of nitrogens with zero attached hydrogens (tertiary/aromatic N) is 2. The van der Waals surface area contributed by atoms with Gasteiger partial charge in [0.1, 0.15) is 17.2 Å². The number of para-hydroxylation sites is 1. The van der Waals surface area contributed by atoms with E-state index in [0.717, 1.165) is 33.6 Å². The minimum atomic E-state index is -0.295. The largest absolute Gasteiger partial charge is 0.457 e. The van der Waals surface area contributed by atoms with E-state index < -0.39 is 0 Å². The molecule has 7 heteroatoms. The Bertz CT molecular complexity index is 1460. The molecule has 2 aromatic heterocycles. The van der Waals surface area contributed by atoms with E-state index in [2.05, 4.69) is 10.2 Å². The molecule has 0 aliphatic rings. The van der Waals surface area contributed by atoms with Gasteiger partial charge >= 0.3 is 5.97 Å². The molecule has 0 saturated heterocycles. The molecule has 0 fully saturated rings. The summed E-state index contributed by atoms with van der Waals surface area (Å²) < 4.78 is 11.3. The number of nitrogens with two attached hydrogens (primary N) is 1. The lowest BCUT2D eigenvalue weighted by atomic mass is 10.0. The van der Waals surface area contributed by atoms with Crippen molar-refractivity contribution in [2.45, 2.75) is 13.3 Å². The quantitative estimate of drug-likeness (QED) is 0.244. The third-order valence-corrected chi connectivity index (χ3v) is 5.40. The Morgan fingerprint density at radius 3 is 2.41 bits per heavy atom. The van der Waals surface area contributed by atoms with Crippen molar-refractivity contribution in [2.75, 3.05) is 5.73 Å². The standard InChI is InChI=1S/C27H22N4O3/c1-2-23(32)34-21-10-6-7-18(15-21)25-26-24(27(28)31-30-26)22(16-29-25)17-11-13-20(14-12-17)33-19-8-4-3-5-9-19/h3-16H,2H2,1H3,(H3,28,30,31). The van der Waals surface area contributed by atoms with Crippen molar-refractivity contribution in [1.82, 2.24) is 15.2 Å². The fraction of sp³-hybridized carbons (Fsp3) is 0.0741. The number of fused-ring (bicyclic) bond motifs is 1. The van der Waals surface area contributed by atoms with Gasteiger partial charge in [-0.3, -0.25) is 14.9 Å². The van der Waals surface area contributed by atoms with Crippen LogP contribution in [-0.4, -0.2) is 21.2 Å². The van der Waals surface area contributed by atoms with E-state index in [0.29, 0.717) is 29.2 Å². The molecular formula is C27H22N4O3. The fourth-order valence-electron chi connectivity index (χ4n) is 3.73. The monoisotopic (exact) mass is 450 g/mol. The van der Waals surface area contributed by atoms with Gasteiger partial charge in [-0.05, 0) is 42.0 Å². The van der Waals surface area contributed by atoms with Crippen molar-refractivity contribution in [3.8, 4) is 39.6 Å². The fourth-order valence-corrected chi connectivity index (χ4v) is 3.73. The third kappa shape index (κ3) is 4.19. The van der Waals surface area contributed by atoms with Gasteiger partial charge in [-0.1, -0.05) is 49.4 Å². The highest BCUT2D eigenvalue weighted by Gasteiger charge is 2.17. The number of carbonyl (C=O) groups is 1. The number of hydrogen-bond acceptors (Lipinski definition) is 6. The van der Waals surface area contributed by atoms with E-state index in [4.69, 9.17) is 20.2 Å². The average molecular weight is 450 g/mol. The molecule has 0 radical (unpaired) electrons. The highest BCUT2D eigenvalue weighted by molar-refractivity contribution is 6.06. The van der Waals surface area contributed by atoms with Gasteiger partial charge < -0.3 is 15.2 Å². The van der Waals surface area contributed by atoms with Crippen molar-refractivity contribution in [3.63, 3.8) is 0 Å². The van der Waals surface area contributed by atoms with Crippen LogP contribution in [0.5, 0.6) is 17.2 Å². The van der Waals surface area contributed by atoms with Gasteiger partial charge in [0.15, 0.2) is 5.82 Å². The third-order valence-electron chi connectivity index (χ3n) is 5.40. The number of pyridine rings is 1. The predicted octanol–water partition coefficient (Wildman–Crippen LogP) is 5.98. The Labute approximate surface area is 196 Å². The molecule has 0 bridgehead atoms. The Balaban J connectivity index is 1.50. The lowest BCUT2D eigenvalue weighted by molar-refractivity contribution is -0.134. The molecule has 0 saturated carbocycles. The minimum Gasteiger partial charge on any atom is -0.457 e. The molecule has 0 spiro atoms. The van der Waals surface area contributed by atoms with Crippen molar-refractivity contribution >= 4 is 22.7 Å². The van der Waals surface area contributed by atoms with Gasteiger partial charge in [0, 0.05) is 23.7 Å². The summed E-state index contributed by atoms with van der Waals surface area (Å²) >= 11 is 0. The highest BCUT2D eigenvalue weighted by atomic mass is 16.5. The summed E-state index contributed by atoms with van der Waals surface area (Å²) in [5.74, 6) is 2.05. The molecule has 2 heterocycles. The molecule has 0 amide bonds. The second-order valence-electron chi connectivity index (χ2n) is 7.67. The van der Waals surface area contributed by atoms with Crippen LogP contribution in [0.1, 0.15) is 13.3 Å². The number of rotatable bonds is 6. The van der Waals surface area contributed by atoms with Crippen LogP contribution >= 0.6 is 0 Å². The molecule has 3 aromatic carbocycles. The van der Waals surface area contributed by atoms with Crippen molar-refractivity contribution in [3.05, 3.63) is 85.1 Å². The number of aromatic nitrogens is 3. The maximum Gasteiger partial charge on any atom is 0.310 e. The smallest absolute Gasteiger partial charge is 0.310 e. The second kappa shape index (κ2) is 9.07. The van der Waals surface area contributed by atoms with E-state index in [1.807, 2.05) is 66.7 Å². The van der Waals surface area contributed by atoms with Crippen LogP contribution in [0, 0.1) is 0 Å². The van der Waals surface area contributed by atoms with Crippen LogP contribution in [0.15, 0.2) is 85.1 Å². The number of carbonyl (C=O) groups excluding carboxylic acids is 1. The maximum absolute atomic E-state index is 11.7. The number of ether oxygens (including phenoxy) is 2. The molecule has 3 N–H and O–H groups in total. The molecule has 0 aliphatic heterocycles. The zero-order valence-electron chi connectivity index (χ0n) is 18.5. The van der Waals surface area contributed by atoms with Crippen molar-refractivity contribution < 1.29 is 14.3 Å². The molecule has 7 nitrogen and oxygen atoms in total. The number of hydrogen-bond donors (Lipinski definition) is 2. The first kappa shape index (κ1) is 21.2. The summed E-state index contributed by atoms with van der Waals surface area (Å²) in [6.07, 6.45) is 2.08. The lowest BCUT2D eigenvalue weighted by Gasteiger charge is -2.10. The molecule has 168 valence electrons. The number of esters is 1. The number of anilines is 1. The zero-order chi connectivity index (χ0) is 23.5. The average Bonchev–Trinajstić information content (AvgIpc) is 3.26. The maximum atomic E-state index is 11.7. The lowest BCUT2D eigenvalue weighted by Crippen LogP contribution is -2.05. The van der Waals surface area contributed by atoms with Crippen LogP contribution in [0.25, 0.3) is 33.3 Å². The summed E-state index contributed by atoms with van der Waals surface area (Å²) in [5, 5.41) is 8.01. The van der Waals surface area contributed by atoms with Crippen LogP contribution in [-0.2, 0) is 4.79 Å². The normalized spacial score (nSPS) is 10.9. The van der Waals surface area contributed by atoms with Gasteiger partial charge in [0.2, 0.25) is 0 Å². The Hall–Kier alpha value is -4.65. The summed E-state index contributed by atoms with van der Waals surface area (Å²) in [6.45, 7) is 1.75. The van der Waals surface area contributed by atoms with Crippen molar-refractivity contribution in [1.29, 1.82) is 0 Å². The Morgan fingerprint density at radius 1 is 0.912 bits per heavy atom. The minimum absolute atomic E-state index is 0.295. The number of benzene rings is 3. The summed E-state index contributed by atoms with van der Waals surface area (Å²) in [7, 11) is 0. The summed E-state index contributed by atoms with van der Waals surface area (Å²) in [4.78, 5) is 16.4. The summed E-state index contributed by atoms with van der Waals surface area (Å²) in [5.41, 5.74) is 10.2. The number of aromatic amines is 1. The van der Waals surface area contributed by atoms with E-state index in [-0.39, 0.29) is 5.97 Å². The van der Waals surface area contributed by atoms with Crippen LogP contribution in [0.4, 0.5) is 5.82 Å². The Kier molecular flexibility index (Phi) is 5.66. The van der Waals surface area contributed by atoms with E-state index in [9.17, 15) is 4.79 Å². The van der Waals surface area contributed by atoms with Gasteiger partial charge in [0.25, 0.3) is 0 Å². The number of nitrogen functional groups attached to an aromatic ring is 1. The van der Waals surface area contributed by atoms with E-state index in [1.54, 1.807) is 25.3 Å². The highest BCUT2D eigenvalue weighted by Crippen LogP contribution is 2.37. The molecule has 5 aromatic rings. The first-order chi connectivity index (χ1) is 16.6. The zero-order valence-corrected chi connectivity index (χ0v) is 18.5. The van der Waals surface area contributed by atoms with Gasteiger partial charge in [-0.25, -0.2) is 0 Å². The topological polar surface area (TPSA) is 103 Å². The van der Waals surface area contributed by atoms with Crippen LogP contribution in [0.2, 0.25) is 0 Å². The van der Waals surface area contributed by atoms with Crippen LogP contribution in [0.3, 0.4) is 0 Å². The molecular weight excluding hydrogens is 428 g/mol. The Morgan fingerprint density at radius 2 is 1.65 bits per heavy atom. The van der Waals surface area contributed by atoms with E-state index in [1.165, 1.54) is 0 Å². The second-order valence-corrected chi connectivity index (χ2v) is 7.67. The predicted molar refractivity (Wildman–Crippen MR) is 132 cm³/mol. The molecule has 34 heavy (non-hydrogen) atoms. The number of H-pyrrole nitrogens is 1. The van der Waals surface area contributed by atoms with Crippen LogP contribution < -0.4 is 15.2 Å². The number of nitrogens with one attached hydrogen (secondary N) is 1. The van der Waals surface area contributed by atoms with Crippen molar-refractivity contribution in [2.24, 2.45) is 0 Å². The first-order valence-electron chi connectivity index (χ1n) is 10.9. The van der Waals surface area contributed by atoms with Gasteiger partial charge in [-0.2, -0.15) is 5.10 Å². The SMILES string of the molecule is CCC(=O)Oc1cccc(-c2ncc(-c3ccc(Oc4ccccc4)cc3)c3c(N)n[nH]c23)c1. The molecule has 0 aliphatic carbocycles. The molecule has 0 unspecified atom stereocenters. The van der Waals surface area contributed by atoms with Gasteiger partial charge in [-0.15, -0.1) is 0 Å². The molecule has 0 atom stereocenters. The van der Waals surface area contributed by atoms with Gasteiger partial charge in [0.05, 0.1) is 16.6 Å². The van der Waals surface area contributed by atoms with E-state index >= 15 is 0 Å². The first-order valence-corrected chi connectivity index (χ1v) is 10.9. The molecule has 5 rings (SSSR count). The summed E-state index contributed by atoms with van der Waals surface area (Å²) in [6, 6.07) is 24.6.